The number of likely N-dealkylation sites (tertiary alicyclic amines) is 1. The molecule has 7 rings (SSSR count). The molecule has 15 atom stereocenters. The molecule has 0 amide bonds. The molecule has 1 aliphatic heterocycles. The van der Waals surface area contributed by atoms with Crippen molar-refractivity contribution in [2.24, 2.45) is 34.5 Å². The second-order valence-electron chi connectivity index (χ2n) is 15.6. The first-order chi connectivity index (χ1) is 24.8. The second-order valence-corrected chi connectivity index (χ2v) is 15.6. The smallest absolute Gasteiger partial charge is 0.338 e. The van der Waals surface area contributed by atoms with Gasteiger partial charge in [-0.2, -0.15) is 0 Å². The number of ether oxygens (including phenoxy) is 8. The van der Waals surface area contributed by atoms with E-state index in [2.05, 4.69) is 4.90 Å². The van der Waals surface area contributed by atoms with Crippen molar-refractivity contribution >= 4 is 23.9 Å². The molecule has 52 heavy (non-hydrogen) atoms. The van der Waals surface area contributed by atoms with Crippen LogP contribution in [0.25, 0.3) is 0 Å². The number of hydrogen-bond donors (Lipinski definition) is 1. The molecule has 14 nitrogen and oxygen atoms in total. The number of aliphatic hydroxyl groups excluding tert-OH is 1. The maximum absolute atomic E-state index is 14.1. The number of benzene rings is 1. The van der Waals surface area contributed by atoms with Crippen LogP contribution in [0.15, 0.2) is 30.3 Å². The van der Waals surface area contributed by atoms with Gasteiger partial charge in [-0.3, -0.25) is 19.3 Å². The average molecular weight is 730 g/mol. The molecular formula is C38H51NO13. The van der Waals surface area contributed by atoms with E-state index in [0.29, 0.717) is 19.5 Å². The van der Waals surface area contributed by atoms with E-state index in [9.17, 15) is 24.3 Å². The van der Waals surface area contributed by atoms with Gasteiger partial charge in [-0.05, 0) is 31.0 Å². The largest absolute Gasteiger partial charge is 0.462 e. The van der Waals surface area contributed by atoms with Crippen molar-refractivity contribution in [1.82, 2.24) is 4.90 Å². The van der Waals surface area contributed by atoms with E-state index >= 15 is 0 Å². The third-order valence-electron chi connectivity index (χ3n) is 13.7. The maximum Gasteiger partial charge on any atom is 0.338 e. The Kier molecular flexibility index (Phi) is 9.31. The number of piperidine rings is 1. The van der Waals surface area contributed by atoms with Crippen LogP contribution in [0.1, 0.15) is 50.9 Å². The van der Waals surface area contributed by atoms with Gasteiger partial charge in [0.25, 0.3) is 0 Å². The Bertz CT molecular complexity index is 1590. The number of esters is 4. The number of carbonyl (C=O) groups is 4. The van der Waals surface area contributed by atoms with Crippen molar-refractivity contribution < 1.29 is 62.2 Å². The lowest BCUT2D eigenvalue weighted by molar-refractivity contribution is -0.323. The number of fused-ring (bicyclic) bond motifs is 2. The molecular weight excluding hydrogens is 678 g/mol. The topological polar surface area (TPSA) is 166 Å². The van der Waals surface area contributed by atoms with Crippen LogP contribution in [-0.4, -0.2) is 136 Å². The fraction of sp³-hybridized carbons (Fsp3) is 0.737. The first-order valence-electron chi connectivity index (χ1n) is 18.1. The summed E-state index contributed by atoms with van der Waals surface area (Å²) >= 11 is 0. The van der Waals surface area contributed by atoms with E-state index in [1.54, 1.807) is 51.7 Å². The Hall–Kier alpha value is -3.14. The Labute approximate surface area is 303 Å². The zero-order valence-corrected chi connectivity index (χ0v) is 31.1. The Morgan fingerprint density at radius 1 is 0.846 bits per heavy atom. The molecule has 1 aromatic carbocycles. The normalized spacial score (nSPS) is 45.2. The minimum absolute atomic E-state index is 0.0808. The molecule has 6 fully saturated rings. The predicted molar refractivity (Wildman–Crippen MR) is 180 cm³/mol. The molecule has 7 bridgehead atoms. The molecule has 1 N–H and O–H groups in total. The number of nitrogens with zero attached hydrogens (tertiary/aromatic N) is 1. The monoisotopic (exact) mass is 729 g/mol. The standard InChI is InChI=1S/C38H51NO13/c1-9-39-17-35(18-45-5)24(49-19(2)40)15-25(46-6)37-23-16-36(51-20(3)41)32(50-34(44)22-13-11-10-12-14-22)26(23)38(52-21(4)42,31(43)33(36)48-8)27(30(37)39)28(47-7)29(35)37/h10-14,23-33,43H,9,15-18H2,1-8H3/t23?,24-,25+,26?,27-,28+,29?,30?,31+,32-,33+,35+,36-,37+,38-/m1/s1. The van der Waals surface area contributed by atoms with E-state index in [4.69, 9.17) is 37.9 Å². The van der Waals surface area contributed by atoms with E-state index < -0.39 is 112 Å². The second kappa shape index (κ2) is 13.0. The van der Waals surface area contributed by atoms with Gasteiger partial charge < -0.3 is 43.0 Å². The third-order valence-corrected chi connectivity index (χ3v) is 13.7. The molecule has 0 aromatic heterocycles. The number of methoxy groups -OCH3 is 4. The summed E-state index contributed by atoms with van der Waals surface area (Å²) < 4.78 is 50.8. The lowest BCUT2D eigenvalue weighted by Crippen LogP contribution is -2.82. The molecule has 6 aliphatic rings. The minimum Gasteiger partial charge on any atom is -0.462 e. The molecule has 5 saturated carbocycles. The van der Waals surface area contributed by atoms with Gasteiger partial charge in [-0.1, -0.05) is 25.1 Å². The van der Waals surface area contributed by atoms with Crippen molar-refractivity contribution in [1.29, 1.82) is 0 Å². The lowest BCUT2D eigenvalue weighted by Gasteiger charge is -2.70. The van der Waals surface area contributed by atoms with Gasteiger partial charge in [0.2, 0.25) is 0 Å². The van der Waals surface area contributed by atoms with Gasteiger partial charge in [0.05, 0.1) is 24.4 Å². The highest BCUT2D eigenvalue weighted by atomic mass is 16.6. The summed E-state index contributed by atoms with van der Waals surface area (Å²) in [6.45, 7) is 7.17. The van der Waals surface area contributed by atoms with Crippen LogP contribution >= 0.6 is 0 Å². The molecule has 1 spiro atoms. The third kappa shape index (κ3) is 4.57. The zero-order valence-electron chi connectivity index (χ0n) is 31.1. The summed E-state index contributed by atoms with van der Waals surface area (Å²) in [5, 5.41) is 12.9. The van der Waals surface area contributed by atoms with E-state index in [1.807, 2.05) is 6.92 Å². The Morgan fingerprint density at radius 3 is 2.10 bits per heavy atom. The predicted octanol–water partition coefficient (Wildman–Crippen LogP) is 1.79. The maximum atomic E-state index is 14.1. The van der Waals surface area contributed by atoms with Crippen LogP contribution in [0.3, 0.4) is 0 Å². The Balaban J connectivity index is 1.57. The van der Waals surface area contributed by atoms with Crippen LogP contribution in [0.5, 0.6) is 0 Å². The molecule has 0 radical (unpaired) electrons. The fourth-order valence-corrected chi connectivity index (χ4v) is 13.1. The highest BCUT2D eigenvalue weighted by molar-refractivity contribution is 5.89. The van der Waals surface area contributed by atoms with E-state index in [1.165, 1.54) is 27.9 Å². The summed E-state index contributed by atoms with van der Waals surface area (Å²) in [5.41, 5.74) is -4.89. The van der Waals surface area contributed by atoms with Gasteiger partial charge >= 0.3 is 23.9 Å². The SMILES string of the molecule is CCN1C[C@@]2(COC)C3[C@@H](OC)[C@@H]4C1[C@@]3(C1C[C@@]3(OC(C)=O)[C@H](OC(=O)c5ccccc5)C1[C@]4(OC(C)=O)[C@@H](O)[C@@H]3OC)[C@@H](OC)C[C@H]2OC(C)=O. The first kappa shape index (κ1) is 37.2. The summed E-state index contributed by atoms with van der Waals surface area (Å²) in [6.07, 6.45) is -5.57. The van der Waals surface area contributed by atoms with Crippen LogP contribution < -0.4 is 0 Å². The molecule has 1 aromatic rings. The van der Waals surface area contributed by atoms with Crippen molar-refractivity contribution in [3.8, 4) is 0 Å². The van der Waals surface area contributed by atoms with Crippen molar-refractivity contribution in [3.05, 3.63) is 35.9 Å². The number of carbonyl (C=O) groups excluding carboxylic acids is 4. The van der Waals surface area contributed by atoms with Crippen LogP contribution in [0, 0.1) is 34.5 Å². The summed E-state index contributed by atoms with van der Waals surface area (Å²) in [5.74, 6) is -5.09. The number of hydrogen-bond acceptors (Lipinski definition) is 14. The van der Waals surface area contributed by atoms with Crippen LogP contribution in [0.4, 0.5) is 0 Å². The van der Waals surface area contributed by atoms with Crippen molar-refractivity contribution in [2.75, 3.05) is 48.1 Å². The lowest BCUT2D eigenvalue weighted by atomic mass is 9.42. The molecule has 14 heteroatoms. The first-order valence-corrected chi connectivity index (χ1v) is 18.1. The van der Waals surface area contributed by atoms with Gasteiger partial charge in [-0.15, -0.1) is 0 Å². The molecule has 1 saturated heterocycles. The summed E-state index contributed by atoms with van der Waals surface area (Å²) in [6, 6.07) is 8.05. The number of rotatable bonds is 11. The molecule has 5 aliphatic carbocycles. The average Bonchev–Trinajstić information content (AvgIpc) is 3.49. The molecule has 286 valence electrons. The van der Waals surface area contributed by atoms with Crippen molar-refractivity contribution in [2.45, 2.75) is 94.4 Å². The van der Waals surface area contributed by atoms with Gasteiger partial charge in [0, 0.05) is 96.8 Å². The van der Waals surface area contributed by atoms with E-state index in [0.717, 1.165) is 0 Å². The summed E-state index contributed by atoms with van der Waals surface area (Å²) in [4.78, 5) is 55.9. The zero-order chi connectivity index (χ0) is 37.5. The Morgan fingerprint density at radius 2 is 1.54 bits per heavy atom. The van der Waals surface area contributed by atoms with Gasteiger partial charge in [-0.25, -0.2) is 4.79 Å². The minimum atomic E-state index is -1.77. The quantitative estimate of drug-likeness (QED) is 0.259. The van der Waals surface area contributed by atoms with Gasteiger partial charge in [0.15, 0.2) is 17.3 Å². The highest BCUT2D eigenvalue weighted by Crippen LogP contribution is 2.81. The van der Waals surface area contributed by atoms with Crippen LogP contribution in [0.2, 0.25) is 0 Å². The summed E-state index contributed by atoms with van der Waals surface area (Å²) in [7, 11) is 6.24. The molecule has 4 unspecified atom stereocenters. The fourth-order valence-electron chi connectivity index (χ4n) is 13.1. The van der Waals surface area contributed by atoms with Crippen LogP contribution in [-0.2, 0) is 52.3 Å². The van der Waals surface area contributed by atoms with Gasteiger partial charge in [0.1, 0.15) is 18.3 Å². The van der Waals surface area contributed by atoms with Crippen molar-refractivity contribution in [3.63, 3.8) is 0 Å². The number of aliphatic hydroxyl groups is 1. The molecule has 1 heterocycles. The highest BCUT2D eigenvalue weighted by Gasteiger charge is 2.93. The van der Waals surface area contributed by atoms with E-state index in [-0.39, 0.29) is 18.6 Å².